The molecule has 0 spiro atoms. The summed E-state index contributed by atoms with van der Waals surface area (Å²) < 4.78 is 5.05. The summed E-state index contributed by atoms with van der Waals surface area (Å²) in [5.74, 6) is 0.292. The van der Waals surface area contributed by atoms with E-state index < -0.39 is 0 Å². The molecule has 1 saturated carbocycles. The van der Waals surface area contributed by atoms with Crippen molar-refractivity contribution in [2.24, 2.45) is 5.92 Å². The minimum Gasteiger partial charge on any atom is -0.461 e. The lowest BCUT2D eigenvalue weighted by Gasteiger charge is -2.01. The molecule has 1 aliphatic rings. The predicted molar refractivity (Wildman–Crippen MR) is 47.2 cm³/mol. The highest BCUT2D eigenvalue weighted by Crippen LogP contribution is 2.28. The van der Waals surface area contributed by atoms with Gasteiger partial charge in [0.05, 0.1) is 6.61 Å². The first-order valence-electron chi connectivity index (χ1n) is 4.44. The second-order valence-electron chi connectivity index (χ2n) is 3.26. The Labute approximate surface area is 76.7 Å². The van der Waals surface area contributed by atoms with Crippen LogP contribution >= 0.6 is 0 Å². The van der Waals surface area contributed by atoms with Crippen LogP contribution in [0.25, 0.3) is 0 Å². The van der Waals surface area contributed by atoms with E-state index in [-0.39, 0.29) is 5.97 Å². The van der Waals surface area contributed by atoms with Crippen LogP contribution in [0, 0.1) is 5.92 Å². The lowest BCUT2D eigenvalue weighted by atomic mass is 10.3. The molecule has 0 amide bonds. The maximum Gasteiger partial charge on any atom is 0.356 e. The van der Waals surface area contributed by atoms with Gasteiger partial charge in [0.1, 0.15) is 5.69 Å². The molecule has 0 atom stereocenters. The number of nitrogens with zero attached hydrogens (tertiary/aromatic N) is 1. The van der Waals surface area contributed by atoms with Gasteiger partial charge in [-0.05, 0) is 30.9 Å². The highest BCUT2D eigenvalue weighted by Gasteiger charge is 2.23. The third-order valence-electron chi connectivity index (χ3n) is 2.02. The number of hydrogen-bond donors (Lipinski definition) is 0. The van der Waals surface area contributed by atoms with Gasteiger partial charge < -0.3 is 4.74 Å². The van der Waals surface area contributed by atoms with E-state index in [4.69, 9.17) is 4.74 Å². The number of ether oxygens (including phenoxy) is 1. The molecule has 1 fully saturated rings. The van der Waals surface area contributed by atoms with Gasteiger partial charge in [-0.3, -0.25) is 0 Å². The van der Waals surface area contributed by atoms with Crippen molar-refractivity contribution in [1.29, 1.82) is 0 Å². The molecule has 0 aromatic carbocycles. The van der Waals surface area contributed by atoms with E-state index in [1.165, 1.54) is 12.8 Å². The summed E-state index contributed by atoms with van der Waals surface area (Å²) in [6.45, 7) is 0.551. The highest BCUT2D eigenvalue weighted by molar-refractivity contribution is 5.87. The van der Waals surface area contributed by atoms with Crippen molar-refractivity contribution < 1.29 is 9.53 Å². The Balaban J connectivity index is 1.89. The van der Waals surface area contributed by atoms with Crippen LogP contribution in [-0.2, 0) is 4.74 Å². The van der Waals surface area contributed by atoms with Crippen LogP contribution in [0.1, 0.15) is 23.3 Å². The molecule has 0 unspecified atom stereocenters. The van der Waals surface area contributed by atoms with E-state index in [1.807, 2.05) is 0 Å². The Bertz CT molecular complexity index is 293. The third-order valence-corrected chi connectivity index (χ3v) is 2.02. The fraction of sp³-hybridized carbons (Fsp3) is 0.400. The molecule has 1 aliphatic carbocycles. The Morgan fingerprint density at radius 2 is 2.38 bits per heavy atom. The monoisotopic (exact) mass is 177 g/mol. The molecule has 0 bridgehead atoms. The maximum atomic E-state index is 11.3. The van der Waals surface area contributed by atoms with Crippen LogP contribution < -0.4 is 0 Å². The zero-order valence-electron chi connectivity index (χ0n) is 7.27. The van der Waals surface area contributed by atoms with Gasteiger partial charge in [0.2, 0.25) is 0 Å². The van der Waals surface area contributed by atoms with E-state index in [0.717, 1.165) is 0 Å². The van der Waals surface area contributed by atoms with Crippen LogP contribution in [0.3, 0.4) is 0 Å². The van der Waals surface area contributed by atoms with Crippen molar-refractivity contribution in [2.45, 2.75) is 12.8 Å². The normalized spacial score (nSPS) is 15.4. The minimum absolute atomic E-state index is 0.312. The summed E-state index contributed by atoms with van der Waals surface area (Å²) in [6.07, 6.45) is 3.97. The van der Waals surface area contributed by atoms with Gasteiger partial charge >= 0.3 is 5.97 Å². The predicted octanol–water partition coefficient (Wildman–Crippen LogP) is 1.65. The molecule has 13 heavy (non-hydrogen) atoms. The lowest BCUT2D eigenvalue weighted by molar-refractivity contribution is 0.0479. The largest absolute Gasteiger partial charge is 0.461 e. The number of pyridine rings is 1. The van der Waals surface area contributed by atoms with Gasteiger partial charge in [-0.2, -0.15) is 0 Å². The molecule has 0 saturated heterocycles. The van der Waals surface area contributed by atoms with Gasteiger partial charge in [0, 0.05) is 6.20 Å². The standard InChI is InChI=1S/C10H11NO2/c12-10(13-7-8-4-5-8)9-3-1-2-6-11-9/h1-3,6,8H,4-5,7H2. The first kappa shape index (κ1) is 8.23. The summed E-state index contributed by atoms with van der Waals surface area (Å²) in [6, 6.07) is 5.22. The first-order valence-corrected chi connectivity index (χ1v) is 4.44. The molecule has 1 aromatic heterocycles. The van der Waals surface area contributed by atoms with Crippen molar-refractivity contribution in [3.63, 3.8) is 0 Å². The maximum absolute atomic E-state index is 11.3. The van der Waals surface area contributed by atoms with E-state index >= 15 is 0 Å². The summed E-state index contributed by atoms with van der Waals surface area (Å²) in [7, 11) is 0. The summed E-state index contributed by atoms with van der Waals surface area (Å²) in [5, 5.41) is 0. The second-order valence-corrected chi connectivity index (χ2v) is 3.26. The summed E-state index contributed by atoms with van der Waals surface area (Å²) in [5.41, 5.74) is 0.392. The Morgan fingerprint density at radius 1 is 1.54 bits per heavy atom. The van der Waals surface area contributed by atoms with Gasteiger partial charge in [-0.1, -0.05) is 6.07 Å². The Hall–Kier alpha value is -1.38. The number of carbonyl (C=O) groups excluding carboxylic acids is 1. The highest BCUT2D eigenvalue weighted by atomic mass is 16.5. The Kier molecular flexibility index (Phi) is 2.25. The van der Waals surface area contributed by atoms with Crippen LogP contribution in [0.15, 0.2) is 24.4 Å². The van der Waals surface area contributed by atoms with Gasteiger partial charge in [0.15, 0.2) is 0 Å². The van der Waals surface area contributed by atoms with Crippen molar-refractivity contribution >= 4 is 5.97 Å². The van der Waals surface area contributed by atoms with Gasteiger partial charge in [0.25, 0.3) is 0 Å². The fourth-order valence-corrected chi connectivity index (χ4v) is 1.04. The van der Waals surface area contributed by atoms with Crippen LogP contribution in [-0.4, -0.2) is 17.6 Å². The minimum atomic E-state index is -0.312. The zero-order valence-corrected chi connectivity index (χ0v) is 7.27. The van der Waals surface area contributed by atoms with Crippen molar-refractivity contribution in [3.05, 3.63) is 30.1 Å². The molecule has 1 heterocycles. The molecule has 0 radical (unpaired) electrons. The van der Waals surface area contributed by atoms with Gasteiger partial charge in [-0.15, -0.1) is 0 Å². The summed E-state index contributed by atoms with van der Waals surface area (Å²) >= 11 is 0. The molecule has 3 nitrogen and oxygen atoms in total. The molecule has 3 heteroatoms. The Morgan fingerprint density at radius 3 is 3.00 bits per heavy atom. The molecular weight excluding hydrogens is 166 g/mol. The molecule has 0 aliphatic heterocycles. The molecule has 0 N–H and O–H groups in total. The van der Waals surface area contributed by atoms with E-state index in [0.29, 0.717) is 18.2 Å². The average Bonchev–Trinajstić information content (AvgIpc) is 2.99. The number of esters is 1. The topological polar surface area (TPSA) is 39.2 Å². The molecule has 1 aromatic rings. The molecule has 68 valence electrons. The first-order chi connectivity index (χ1) is 6.36. The van der Waals surface area contributed by atoms with Crippen molar-refractivity contribution in [3.8, 4) is 0 Å². The van der Waals surface area contributed by atoms with E-state index in [1.54, 1.807) is 24.4 Å². The quantitative estimate of drug-likeness (QED) is 0.659. The smallest absolute Gasteiger partial charge is 0.356 e. The number of hydrogen-bond acceptors (Lipinski definition) is 3. The SMILES string of the molecule is O=C(OCC1CC1)c1ccccn1. The number of carbonyl (C=O) groups is 1. The molecule has 2 rings (SSSR count). The molecular formula is C10H11NO2. The van der Waals surface area contributed by atoms with Crippen LogP contribution in [0.4, 0.5) is 0 Å². The van der Waals surface area contributed by atoms with Gasteiger partial charge in [-0.25, -0.2) is 9.78 Å². The zero-order chi connectivity index (χ0) is 9.10. The lowest BCUT2D eigenvalue weighted by Crippen LogP contribution is -2.08. The number of rotatable bonds is 3. The van der Waals surface area contributed by atoms with E-state index in [9.17, 15) is 4.79 Å². The van der Waals surface area contributed by atoms with Crippen molar-refractivity contribution in [1.82, 2.24) is 4.98 Å². The van der Waals surface area contributed by atoms with Crippen molar-refractivity contribution in [2.75, 3.05) is 6.61 Å². The van der Waals surface area contributed by atoms with Crippen LogP contribution in [0.2, 0.25) is 0 Å². The second kappa shape index (κ2) is 3.56. The fourth-order valence-electron chi connectivity index (χ4n) is 1.04. The third kappa shape index (κ3) is 2.28. The number of aromatic nitrogens is 1. The van der Waals surface area contributed by atoms with Crippen LogP contribution in [0.5, 0.6) is 0 Å². The summed E-state index contributed by atoms with van der Waals surface area (Å²) in [4.78, 5) is 15.2. The van der Waals surface area contributed by atoms with E-state index in [2.05, 4.69) is 4.98 Å². The average molecular weight is 177 g/mol.